The van der Waals surface area contributed by atoms with E-state index in [2.05, 4.69) is 20.9 Å². The highest BCUT2D eigenvalue weighted by Crippen LogP contribution is 2.20. The van der Waals surface area contributed by atoms with E-state index in [9.17, 15) is 4.79 Å². The van der Waals surface area contributed by atoms with Crippen LogP contribution in [-0.2, 0) is 0 Å². The molecule has 2 heterocycles. The highest BCUT2D eigenvalue weighted by atomic mass is 35.5. The van der Waals surface area contributed by atoms with Gasteiger partial charge in [0.2, 0.25) is 0 Å². The number of urea groups is 1. The predicted octanol–water partition coefficient (Wildman–Crippen LogP) is 3.25. The van der Waals surface area contributed by atoms with Crippen LogP contribution in [0.2, 0.25) is 0 Å². The van der Waals surface area contributed by atoms with Gasteiger partial charge in [0.15, 0.2) is 0 Å². The minimum atomic E-state index is -0.0978. The molecule has 2 saturated heterocycles. The molecule has 2 aliphatic rings. The molecule has 2 fully saturated rings. The van der Waals surface area contributed by atoms with Crippen molar-refractivity contribution >= 4 is 24.1 Å². The van der Waals surface area contributed by atoms with Gasteiger partial charge < -0.3 is 20.9 Å². The Kier molecular flexibility index (Phi) is 8.69. The lowest BCUT2D eigenvalue weighted by molar-refractivity contribution is 0.139. The molecule has 0 aliphatic carbocycles. The first kappa shape index (κ1) is 21.0. The van der Waals surface area contributed by atoms with Crippen molar-refractivity contribution in [1.82, 2.24) is 15.5 Å². The Morgan fingerprint density at radius 1 is 1.15 bits per heavy atom. The average Bonchev–Trinajstić information content (AvgIpc) is 2.63. The van der Waals surface area contributed by atoms with Crippen molar-refractivity contribution in [2.45, 2.75) is 32.6 Å². The van der Waals surface area contributed by atoms with Crippen molar-refractivity contribution < 1.29 is 4.79 Å². The molecule has 26 heavy (non-hydrogen) atoms. The normalized spacial score (nSPS) is 21.7. The van der Waals surface area contributed by atoms with Crippen LogP contribution in [0.3, 0.4) is 0 Å². The van der Waals surface area contributed by atoms with Crippen molar-refractivity contribution in [3.63, 3.8) is 0 Å². The van der Waals surface area contributed by atoms with Crippen LogP contribution in [0.4, 0.5) is 10.5 Å². The predicted molar refractivity (Wildman–Crippen MR) is 110 cm³/mol. The molecule has 1 aromatic carbocycles. The van der Waals surface area contributed by atoms with Crippen LogP contribution >= 0.6 is 12.4 Å². The lowest BCUT2D eigenvalue weighted by atomic mass is 9.93. The zero-order valence-corrected chi connectivity index (χ0v) is 16.6. The number of nitrogens with zero attached hydrogens (tertiary/aromatic N) is 1. The number of benzene rings is 1. The van der Waals surface area contributed by atoms with Crippen molar-refractivity contribution in [2.24, 2.45) is 11.8 Å². The molecule has 5 nitrogen and oxygen atoms in total. The van der Waals surface area contributed by atoms with Gasteiger partial charge in [0.25, 0.3) is 0 Å². The van der Waals surface area contributed by atoms with Crippen molar-refractivity contribution in [2.75, 3.05) is 44.6 Å². The molecule has 0 spiro atoms. The maximum absolute atomic E-state index is 12.1. The van der Waals surface area contributed by atoms with Gasteiger partial charge in [-0.05, 0) is 76.2 Å². The van der Waals surface area contributed by atoms with Gasteiger partial charge in [0, 0.05) is 25.3 Å². The number of piperidine rings is 2. The van der Waals surface area contributed by atoms with E-state index in [1.807, 2.05) is 31.2 Å². The van der Waals surface area contributed by atoms with Gasteiger partial charge in [-0.25, -0.2) is 4.79 Å². The second kappa shape index (κ2) is 10.8. The van der Waals surface area contributed by atoms with Gasteiger partial charge in [0.05, 0.1) is 0 Å². The molecule has 3 N–H and O–H groups in total. The largest absolute Gasteiger partial charge is 0.338 e. The number of rotatable bonds is 5. The Balaban J connectivity index is 0.00000243. The zero-order valence-electron chi connectivity index (χ0n) is 15.8. The fraction of sp³-hybridized carbons (Fsp3) is 0.650. The summed E-state index contributed by atoms with van der Waals surface area (Å²) in [7, 11) is 0. The van der Waals surface area contributed by atoms with Crippen molar-refractivity contribution in [3.8, 4) is 0 Å². The number of halogens is 1. The third-order valence-corrected chi connectivity index (χ3v) is 5.44. The molecule has 1 unspecified atom stereocenters. The molecular formula is C20H33ClN4O. The van der Waals surface area contributed by atoms with Crippen LogP contribution < -0.4 is 16.0 Å². The summed E-state index contributed by atoms with van der Waals surface area (Å²) < 4.78 is 0. The Morgan fingerprint density at radius 2 is 1.88 bits per heavy atom. The third kappa shape index (κ3) is 6.78. The highest BCUT2D eigenvalue weighted by Gasteiger charge is 2.23. The van der Waals surface area contributed by atoms with Gasteiger partial charge in [-0.1, -0.05) is 17.7 Å². The Bertz CT molecular complexity index is 545. The number of carbonyl (C=O) groups excluding carboxylic acids is 1. The third-order valence-electron chi connectivity index (χ3n) is 5.44. The van der Waals surface area contributed by atoms with Gasteiger partial charge in [-0.15, -0.1) is 12.4 Å². The van der Waals surface area contributed by atoms with Crippen LogP contribution in [0, 0.1) is 18.8 Å². The van der Waals surface area contributed by atoms with Gasteiger partial charge >= 0.3 is 6.03 Å². The number of carbonyl (C=O) groups is 1. The Labute approximate surface area is 163 Å². The van der Waals surface area contributed by atoms with E-state index in [0.717, 1.165) is 24.7 Å². The SMILES string of the molecule is Cc1ccc(NC(=O)NCC2CCCN(CC3CCNCC3)C2)cc1.Cl. The van der Waals surface area contributed by atoms with E-state index >= 15 is 0 Å². The molecule has 0 aromatic heterocycles. The number of amides is 2. The number of aryl methyl sites for hydroxylation is 1. The topological polar surface area (TPSA) is 56.4 Å². The summed E-state index contributed by atoms with van der Waals surface area (Å²) in [6, 6.07) is 7.80. The van der Waals surface area contributed by atoms with E-state index < -0.39 is 0 Å². The fourth-order valence-electron chi connectivity index (χ4n) is 3.96. The first-order valence-electron chi connectivity index (χ1n) is 9.73. The summed E-state index contributed by atoms with van der Waals surface area (Å²) >= 11 is 0. The quantitative estimate of drug-likeness (QED) is 0.734. The molecule has 2 aliphatic heterocycles. The molecular weight excluding hydrogens is 348 g/mol. The van der Waals surface area contributed by atoms with Crippen LogP contribution in [0.15, 0.2) is 24.3 Å². The Hall–Kier alpha value is -1.30. The van der Waals surface area contributed by atoms with Crippen LogP contribution in [0.25, 0.3) is 0 Å². The second-order valence-electron chi connectivity index (χ2n) is 7.66. The zero-order chi connectivity index (χ0) is 17.5. The number of anilines is 1. The first-order chi connectivity index (χ1) is 12.2. The fourth-order valence-corrected chi connectivity index (χ4v) is 3.96. The lowest BCUT2D eigenvalue weighted by Crippen LogP contribution is -2.44. The molecule has 0 saturated carbocycles. The monoisotopic (exact) mass is 380 g/mol. The van der Waals surface area contributed by atoms with Crippen molar-refractivity contribution in [1.29, 1.82) is 0 Å². The van der Waals surface area contributed by atoms with Crippen LogP contribution in [0.1, 0.15) is 31.2 Å². The minimum Gasteiger partial charge on any atom is -0.338 e. The van der Waals surface area contributed by atoms with Crippen LogP contribution in [-0.4, -0.2) is 50.2 Å². The summed E-state index contributed by atoms with van der Waals surface area (Å²) in [4.78, 5) is 14.7. The molecule has 0 radical (unpaired) electrons. The lowest BCUT2D eigenvalue weighted by Gasteiger charge is -2.36. The molecule has 0 bridgehead atoms. The van der Waals surface area contributed by atoms with E-state index in [1.54, 1.807) is 0 Å². The van der Waals surface area contributed by atoms with E-state index in [-0.39, 0.29) is 18.4 Å². The molecule has 6 heteroatoms. The van der Waals surface area contributed by atoms with E-state index in [0.29, 0.717) is 5.92 Å². The number of hydrogen-bond acceptors (Lipinski definition) is 3. The van der Waals surface area contributed by atoms with Crippen molar-refractivity contribution in [3.05, 3.63) is 29.8 Å². The van der Waals surface area contributed by atoms with Gasteiger partial charge in [-0.2, -0.15) is 0 Å². The molecule has 1 aromatic rings. The smallest absolute Gasteiger partial charge is 0.319 e. The van der Waals surface area contributed by atoms with Gasteiger partial charge in [-0.3, -0.25) is 0 Å². The number of nitrogens with one attached hydrogen (secondary N) is 3. The summed E-state index contributed by atoms with van der Waals surface area (Å²) in [5.74, 6) is 1.41. The number of likely N-dealkylation sites (tertiary alicyclic amines) is 1. The van der Waals surface area contributed by atoms with E-state index in [4.69, 9.17) is 0 Å². The minimum absolute atomic E-state index is 0. The summed E-state index contributed by atoms with van der Waals surface area (Å²) in [5, 5.41) is 9.41. The maximum Gasteiger partial charge on any atom is 0.319 e. The molecule has 1 atom stereocenters. The first-order valence-corrected chi connectivity index (χ1v) is 9.73. The highest BCUT2D eigenvalue weighted by molar-refractivity contribution is 5.89. The van der Waals surface area contributed by atoms with E-state index in [1.165, 1.54) is 57.4 Å². The standard InChI is InChI=1S/C20H32N4O.ClH/c1-16-4-6-19(7-5-16)23-20(25)22-13-18-3-2-12-24(15-18)14-17-8-10-21-11-9-17;/h4-7,17-18,21H,2-3,8-15H2,1H3,(H2,22,23,25);1H. The molecule has 146 valence electrons. The molecule has 3 rings (SSSR count). The second-order valence-corrected chi connectivity index (χ2v) is 7.66. The summed E-state index contributed by atoms with van der Waals surface area (Å²) in [6.45, 7) is 8.72. The maximum atomic E-state index is 12.1. The molecule has 2 amide bonds. The van der Waals surface area contributed by atoms with Crippen LogP contribution in [0.5, 0.6) is 0 Å². The Morgan fingerprint density at radius 3 is 2.62 bits per heavy atom. The average molecular weight is 381 g/mol. The van der Waals surface area contributed by atoms with Gasteiger partial charge in [0.1, 0.15) is 0 Å². The summed E-state index contributed by atoms with van der Waals surface area (Å²) in [6.07, 6.45) is 5.07. The number of hydrogen-bond donors (Lipinski definition) is 3. The summed E-state index contributed by atoms with van der Waals surface area (Å²) in [5.41, 5.74) is 2.04.